The van der Waals surface area contributed by atoms with Gasteiger partial charge in [0.15, 0.2) is 0 Å². The number of nitrogens with one attached hydrogen (secondary N) is 1. The van der Waals surface area contributed by atoms with Gasteiger partial charge < -0.3 is 15.1 Å². The van der Waals surface area contributed by atoms with Crippen molar-refractivity contribution in [2.75, 3.05) is 28.2 Å². The highest BCUT2D eigenvalue weighted by Crippen LogP contribution is 2.30. The second-order valence-corrected chi connectivity index (χ2v) is 6.82. The first-order valence-electron chi connectivity index (χ1n) is 9.25. The van der Waals surface area contributed by atoms with E-state index in [0.717, 1.165) is 30.8 Å². The number of carbonyl (C=O) groups excluding carboxylic acids is 3. The first kappa shape index (κ1) is 17.3. The van der Waals surface area contributed by atoms with Crippen LogP contribution in [-0.4, -0.2) is 30.8 Å². The predicted molar refractivity (Wildman–Crippen MR) is 104 cm³/mol. The molecule has 0 saturated carbocycles. The second-order valence-electron chi connectivity index (χ2n) is 6.82. The third-order valence-electron chi connectivity index (χ3n) is 5.03. The van der Waals surface area contributed by atoms with E-state index < -0.39 is 0 Å². The van der Waals surface area contributed by atoms with Crippen LogP contribution in [0.3, 0.4) is 0 Å². The van der Waals surface area contributed by atoms with Gasteiger partial charge in [0.25, 0.3) is 5.91 Å². The molecule has 2 aromatic carbocycles. The lowest BCUT2D eigenvalue weighted by molar-refractivity contribution is -0.117. The Kier molecular flexibility index (Phi) is 4.62. The van der Waals surface area contributed by atoms with Gasteiger partial charge in [0, 0.05) is 37.2 Å². The minimum Gasteiger partial charge on any atom is -0.320 e. The lowest BCUT2D eigenvalue weighted by atomic mass is 10.1. The van der Waals surface area contributed by atoms with Crippen LogP contribution in [0.2, 0.25) is 0 Å². The number of para-hydroxylation sites is 2. The second kappa shape index (κ2) is 7.23. The van der Waals surface area contributed by atoms with Crippen molar-refractivity contribution in [1.29, 1.82) is 0 Å². The van der Waals surface area contributed by atoms with Crippen LogP contribution in [0.25, 0.3) is 0 Å². The molecule has 0 aromatic heterocycles. The summed E-state index contributed by atoms with van der Waals surface area (Å²) in [7, 11) is 0. The number of hydrogen-bond acceptors (Lipinski definition) is 3. The molecule has 2 heterocycles. The Hall–Kier alpha value is -3.15. The van der Waals surface area contributed by atoms with Crippen molar-refractivity contribution < 1.29 is 14.4 Å². The van der Waals surface area contributed by atoms with E-state index in [0.29, 0.717) is 30.6 Å². The van der Waals surface area contributed by atoms with Crippen molar-refractivity contribution >= 4 is 34.8 Å². The van der Waals surface area contributed by atoms with E-state index in [9.17, 15) is 14.4 Å². The van der Waals surface area contributed by atoms with Gasteiger partial charge in [-0.3, -0.25) is 14.4 Å². The highest BCUT2D eigenvalue weighted by atomic mass is 16.2. The minimum absolute atomic E-state index is 0.0799. The van der Waals surface area contributed by atoms with E-state index in [2.05, 4.69) is 5.32 Å². The van der Waals surface area contributed by atoms with Crippen LogP contribution in [0, 0.1) is 0 Å². The van der Waals surface area contributed by atoms with E-state index >= 15 is 0 Å². The number of anilines is 3. The molecule has 0 aliphatic carbocycles. The number of nitrogens with zero attached hydrogens (tertiary/aromatic N) is 2. The lowest BCUT2D eigenvalue weighted by Gasteiger charge is -2.20. The number of carbonyl (C=O) groups is 3. The minimum atomic E-state index is -0.242. The Morgan fingerprint density at radius 3 is 2.07 bits per heavy atom. The van der Waals surface area contributed by atoms with Crippen molar-refractivity contribution in [3.63, 3.8) is 0 Å². The Morgan fingerprint density at radius 1 is 0.815 bits per heavy atom. The maximum absolute atomic E-state index is 12.7. The van der Waals surface area contributed by atoms with Crippen LogP contribution in [0.4, 0.5) is 17.1 Å². The van der Waals surface area contributed by atoms with Gasteiger partial charge in [-0.2, -0.15) is 0 Å². The molecule has 6 nitrogen and oxygen atoms in total. The first-order chi connectivity index (χ1) is 13.1. The van der Waals surface area contributed by atoms with Crippen molar-refractivity contribution in [3.05, 3.63) is 54.1 Å². The smallest absolute Gasteiger partial charge is 0.255 e. The largest absolute Gasteiger partial charge is 0.320 e. The van der Waals surface area contributed by atoms with Crippen LogP contribution in [0.15, 0.2) is 48.5 Å². The summed E-state index contributed by atoms with van der Waals surface area (Å²) in [6, 6.07) is 14.4. The molecule has 27 heavy (non-hydrogen) atoms. The first-order valence-corrected chi connectivity index (χ1v) is 9.25. The molecule has 2 aromatic rings. The Balaban J connectivity index is 1.51. The molecule has 2 aliphatic heterocycles. The molecule has 2 aliphatic rings. The number of benzene rings is 2. The monoisotopic (exact) mass is 363 g/mol. The maximum Gasteiger partial charge on any atom is 0.255 e. The summed E-state index contributed by atoms with van der Waals surface area (Å²) in [4.78, 5) is 40.0. The van der Waals surface area contributed by atoms with E-state index in [1.165, 1.54) is 0 Å². The van der Waals surface area contributed by atoms with Crippen LogP contribution in [0.5, 0.6) is 0 Å². The van der Waals surface area contributed by atoms with Crippen molar-refractivity contribution in [1.82, 2.24) is 0 Å². The van der Waals surface area contributed by atoms with Gasteiger partial charge in [-0.15, -0.1) is 0 Å². The molecule has 4 rings (SSSR count). The maximum atomic E-state index is 12.7. The van der Waals surface area contributed by atoms with Crippen molar-refractivity contribution in [2.24, 2.45) is 0 Å². The summed E-state index contributed by atoms with van der Waals surface area (Å²) in [6.07, 6.45) is 2.82. The van der Waals surface area contributed by atoms with Gasteiger partial charge in [-0.25, -0.2) is 0 Å². The Labute approximate surface area is 157 Å². The van der Waals surface area contributed by atoms with E-state index in [1.807, 2.05) is 18.2 Å². The fraction of sp³-hybridized carbons (Fsp3) is 0.286. The summed E-state index contributed by atoms with van der Waals surface area (Å²) >= 11 is 0. The molecule has 138 valence electrons. The van der Waals surface area contributed by atoms with Crippen molar-refractivity contribution in [2.45, 2.75) is 25.7 Å². The van der Waals surface area contributed by atoms with Gasteiger partial charge in [-0.1, -0.05) is 12.1 Å². The Morgan fingerprint density at radius 2 is 1.44 bits per heavy atom. The third-order valence-corrected chi connectivity index (χ3v) is 5.03. The van der Waals surface area contributed by atoms with E-state index in [1.54, 1.807) is 40.1 Å². The molecule has 1 N–H and O–H groups in total. The molecule has 0 unspecified atom stereocenters. The third kappa shape index (κ3) is 3.43. The molecule has 2 saturated heterocycles. The van der Waals surface area contributed by atoms with Gasteiger partial charge in [0.1, 0.15) is 0 Å². The van der Waals surface area contributed by atoms with E-state index in [-0.39, 0.29) is 17.7 Å². The van der Waals surface area contributed by atoms with Gasteiger partial charge in [0.05, 0.1) is 11.4 Å². The van der Waals surface area contributed by atoms with Crippen molar-refractivity contribution in [3.8, 4) is 0 Å². The molecular weight excluding hydrogens is 342 g/mol. The summed E-state index contributed by atoms with van der Waals surface area (Å²) in [5.74, 6) is -0.0406. The zero-order valence-corrected chi connectivity index (χ0v) is 15.0. The van der Waals surface area contributed by atoms with Gasteiger partial charge >= 0.3 is 0 Å². The molecule has 2 fully saturated rings. The van der Waals surface area contributed by atoms with Crippen LogP contribution < -0.4 is 15.1 Å². The molecule has 3 amide bonds. The average molecular weight is 363 g/mol. The normalized spacial score (nSPS) is 16.9. The molecule has 0 bridgehead atoms. The number of hydrogen-bond donors (Lipinski definition) is 1. The highest BCUT2D eigenvalue weighted by molar-refractivity contribution is 6.08. The molecule has 0 spiro atoms. The average Bonchev–Trinajstić information content (AvgIpc) is 3.30. The number of rotatable bonds is 4. The molecule has 0 radical (unpaired) electrons. The van der Waals surface area contributed by atoms with Crippen LogP contribution in [-0.2, 0) is 9.59 Å². The topological polar surface area (TPSA) is 69.7 Å². The zero-order chi connectivity index (χ0) is 18.8. The molecular formula is C21H21N3O3. The van der Waals surface area contributed by atoms with Gasteiger partial charge in [-0.05, 0) is 49.2 Å². The highest BCUT2D eigenvalue weighted by Gasteiger charge is 2.25. The molecule has 0 atom stereocenters. The standard InChI is InChI=1S/C21H21N3O3/c25-19-7-3-13-23(19)16-11-9-15(10-12-16)21(27)22-17-5-1-2-6-18(17)24-14-4-8-20(24)26/h1-2,5-6,9-12H,3-4,7-8,13-14H2,(H,22,27). The van der Waals surface area contributed by atoms with Gasteiger partial charge in [0.2, 0.25) is 11.8 Å². The van der Waals surface area contributed by atoms with Crippen LogP contribution >= 0.6 is 0 Å². The fourth-order valence-corrected chi connectivity index (χ4v) is 3.63. The summed E-state index contributed by atoms with van der Waals surface area (Å²) in [5.41, 5.74) is 2.68. The fourth-order valence-electron chi connectivity index (χ4n) is 3.63. The number of amides is 3. The van der Waals surface area contributed by atoms with Crippen LogP contribution in [0.1, 0.15) is 36.0 Å². The van der Waals surface area contributed by atoms with E-state index in [4.69, 9.17) is 0 Å². The summed E-state index contributed by atoms with van der Waals surface area (Å²) in [5, 5.41) is 2.91. The zero-order valence-electron chi connectivity index (χ0n) is 15.0. The summed E-state index contributed by atoms with van der Waals surface area (Å²) < 4.78 is 0. The predicted octanol–water partition coefficient (Wildman–Crippen LogP) is 3.19. The summed E-state index contributed by atoms with van der Waals surface area (Å²) in [6.45, 7) is 1.39. The lowest BCUT2D eigenvalue weighted by Crippen LogP contribution is -2.25. The Bertz CT molecular complexity index is 892. The molecule has 6 heteroatoms. The SMILES string of the molecule is O=C(Nc1ccccc1N1CCCC1=O)c1ccc(N2CCCC2=O)cc1. The quantitative estimate of drug-likeness (QED) is 0.907.